The molecule has 2 amide bonds. The molecule has 10 heteroatoms. The zero-order chi connectivity index (χ0) is 64.8. The van der Waals surface area contributed by atoms with Crippen LogP contribution in [-0.4, -0.2) is 36.3 Å². The van der Waals surface area contributed by atoms with Crippen LogP contribution in [0.5, 0.6) is 11.5 Å². The Morgan fingerprint density at radius 2 is 0.786 bits per heavy atom. The largest absolute Gasteiger partial charge is 0.465 e. The lowest BCUT2D eigenvalue weighted by Gasteiger charge is -2.10. The molecule has 0 aliphatic heterocycles. The van der Waals surface area contributed by atoms with Crippen molar-refractivity contribution in [3.8, 4) is 11.5 Å². The molecular weight excluding hydrogens is 1040 g/mol. The number of anilines is 1. The van der Waals surface area contributed by atoms with Crippen molar-refractivity contribution in [2.24, 2.45) is 29.6 Å². The van der Waals surface area contributed by atoms with Crippen molar-refractivity contribution in [3.63, 3.8) is 0 Å². The van der Waals surface area contributed by atoms with Crippen LogP contribution in [0, 0.1) is 43.4 Å². The first kappa shape index (κ1) is 83.4. The van der Waals surface area contributed by atoms with Gasteiger partial charge in [0.15, 0.2) is 0 Å². The maximum Gasteiger partial charge on any atom is 0.314 e. The van der Waals surface area contributed by atoms with Crippen LogP contribution in [0.2, 0.25) is 0 Å². The predicted molar refractivity (Wildman–Crippen MR) is 360 cm³/mol. The highest BCUT2D eigenvalue weighted by atomic mass is 16.5. The molecule has 6 aromatic carbocycles. The molecule has 0 aliphatic carbocycles. The smallest absolute Gasteiger partial charge is 0.314 e. The molecule has 0 aliphatic rings. The lowest BCUT2D eigenvalue weighted by molar-refractivity contribution is -0.148. The van der Waals surface area contributed by atoms with Gasteiger partial charge >= 0.3 is 17.9 Å². The summed E-state index contributed by atoms with van der Waals surface area (Å²) >= 11 is 0. The molecule has 5 unspecified atom stereocenters. The molecule has 0 aromatic heterocycles. The second kappa shape index (κ2) is 55.1. The normalized spacial score (nSPS) is 11.1. The van der Waals surface area contributed by atoms with Crippen molar-refractivity contribution in [2.75, 3.05) is 11.9 Å². The van der Waals surface area contributed by atoms with E-state index in [1.807, 2.05) is 260 Å². The monoisotopic (exact) mass is 1160 g/mol. The van der Waals surface area contributed by atoms with E-state index in [9.17, 15) is 24.0 Å². The number of esters is 3. The summed E-state index contributed by atoms with van der Waals surface area (Å²) < 4.78 is 15.6. The van der Waals surface area contributed by atoms with Crippen molar-refractivity contribution < 1.29 is 38.2 Å². The molecule has 6 rings (SSSR count). The molecule has 84 heavy (non-hydrogen) atoms. The Kier molecular flexibility index (Phi) is 54.7. The van der Waals surface area contributed by atoms with E-state index < -0.39 is 0 Å². The van der Waals surface area contributed by atoms with E-state index in [0.29, 0.717) is 24.7 Å². The van der Waals surface area contributed by atoms with Crippen LogP contribution in [0.1, 0.15) is 193 Å². The quantitative estimate of drug-likeness (QED) is 0.0641. The Labute approximate surface area is 511 Å². The molecule has 2 N–H and O–H groups in total. The van der Waals surface area contributed by atoms with Crippen molar-refractivity contribution in [3.05, 3.63) is 174 Å². The van der Waals surface area contributed by atoms with Gasteiger partial charge in [0.05, 0.1) is 24.4 Å². The number of benzene rings is 6. The maximum atomic E-state index is 11.7. The average molecular weight is 1160 g/mol. The van der Waals surface area contributed by atoms with Gasteiger partial charge in [0, 0.05) is 30.5 Å². The van der Waals surface area contributed by atoms with Crippen LogP contribution >= 0.6 is 0 Å². The summed E-state index contributed by atoms with van der Waals surface area (Å²) in [5, 5.41) is 8.05. The Morgan fingerprint density at radius 1 is 0.393 bits per heavy atom. The van der Waals surface area contributed by atoms with Crippen molar-refractivity contribution in [2.45, 2.75) is 197 Å². The lowest BCUT2D eigenvalue weighted by atomic mass is 10.1. The number of fused-ring (bicyclic) bond motifs is 1. The van der Waals surface area contributed by atoms with Crippen LogP contribution < -0.4 is 20.1 Å². The number of aryl methyl sites for hydroxylation is 2. The van der Waals surface area contributed by atoms with E-state index in [2.05, 4.69) is 42.7 Å². The summed E-state index contributed by atoms with van der Waals surface area (Å²) in [6.07, 6.45) is 5.00. The first-order valence-corrected chi connectivity index (χ1v) is 31.3. The van der Waals surface area contributed by atoms with E-state index in [1.165, 1.54) is 22.3 Å². The fraction of sp³-hybridized carbons (Fsp3) is 0.473. The van der Waals surface area contributed by atoms with Gasteiger partial charge in [-0.15, -0.1) is 0 Å². The Bertz CT molecular complexity index is 2470. The van der Waals surface area contributed by atoms with Gasteiger partial charge in [0.2, 0.25) is 11.8 Å². The predicted octanol–water partition coefficient (Wildman–Crippen LogP) is 20.0. The van der Waals surface area contributed by atoms with Crippen LogP contribution in [0.4, 0.5) is 5.69 Å². The maximum absolute atomic E-state index is 11.7. The number of amides is 2. The molecule has 10 nitrogen and oxygen atoms in total. The highest BCUT2D eigenvalue weighted by molar-refractivity contribution is 5.92. The minimum Gasteiger partial charge on any atom is -0.465 e. The van der Waals surface area contributed by atoms with Gasteiger partial charge in [0.25, 0.3) is 0 Å². The van der Waals surface area contributed by atoms with Gasteiger partial charge in [-0.25, -0.2) is 0 Å². The molecule has 6 aromatic rings. The van der Waals surface area contributed by atoms with Crippen molar-refractivity contribution in [1.29, 1.82) is 0 Å². The summed E-state index contributed by atoms with van der Waals surface area (Å²) in [6.45, 7) is 44.8. The van der Waals surface area contributed by atoms with Gasteiger partial charge in [-0.05, 0) is 104 Å². The third-order valence-corrected chi connectivity index (χ3v) is 12.3. The fourth-order valence-electron chi connectivity index (χ4n) is 6.40. The molecular formula is C74H114N2O8. The van der Waals surface area contributed by atoms with E-state index in [0.717, 1.165) is 55.0 Å². The number of hydrogen-bond donors (Lipinski definition) is 2. The first-order valence-electron chi connectivity index (χ1n) is 31.3. The first-order chi connectivity index (χ1) is 40.4. The molecule has 0 radical (unpaired) electrons. The van der Waals surface area contributed by atoms with Crippen LogP contribution in [-0.2, 0) is 41.7 Å². The van der Waals surface area contributed by atoms with Crippen LogP contribution in [0.3, 0.4) is 0 Å². The highest BCUT2D eigenvalue weighted by Gasteiger charge is 2.15. The number of hydrogen-bond acceptors (Lipinski definition) is 8. The molecule has 5 atom stereocenters. The highest BCUT2D eigenvalue weighted by Crippen LogP contribution is 2.22. The number of ether oxygens (including phenoxy) is 3. The molecule has 0 saturated carbocycles. The fourth-order valence-corrected chi connectivity index (χ4v) is 6.40. The van der Waals surface area contributed by atoms with E-state index in [1.54, 1.807) is 12.1 Å². The minimum atomic E-state index is -0.164. The molecule has 0 saturated heterocycles. The molecule has 468 valence electrons. The van der Waals surface area contributed by atoms with E-state index in [4.69, 9.17) is 14.2 Å². The van der Waals surface area contributed by atoms with Crippen LogP contribution in [0.25, 0.3) is 10.8 Å². The Hall–Kier alpha value is -7.07. The average Bonchev–Trinajstić information content (AvgIpc) is 3.75. The van der Waals surface area contributed by atoms with Gasteiger partial charge in [-0.2, -0.15) is 0 Å². The van der Waals surface area contributed by atoms with Gasteiger partial charge in [-0.3, -0.25) is 24.0 Å². The van der Waals surface area contributed by atoms with Gasteiger partial charge in [-0.1, -0.05) is 265 Å². The number of carbonyl (C=O) groups excluding carboxylic acids is 5. The van der Waals surface area contributed by atoms with Gasteiger partial charge < -0.3 is 24.8 Å². The summed E-state index contributed by atoms with van der Waals surface area (Å²) in [4.78, 5) is 57.4. The molecule has 0 fully saturated rings. The van der Waals surface area contributed by atoms with Crippen molar-refractivity contribution >= 4 is 46.2 Å². The van der Waals surface area contributed by atoms with Crippen LogP contribution in [0.15, 0.2) is 152 Å². The number of nitrogens with one attached hydrogen (secondary N) is 2. The summed E-state index contributed by atoms with van der Waals surface area (Å²) in [6, 6.07) is 48.8. The lowest BCUT2D eigenvalue weighted by Crippen LogP contribution is -2.28. The standard InChI is InChI=1S/C15H16O2.C14H21NO.C13H18O2.C11H15NO.C11H14O2.5C2H6/c1-3-11(2)15(16)17-14-9-8-12-6-4-5-7-13(12)10-14;1-5-12(4)14(16)15-9-13-7-10(2)6-11(3)8-13;1-3-11(2)13(14)15-10-9-12-7-5-4-6-8-12;1-3-9(2)11(13)12-10-7-5-4-6-8-10;1-3-9(2)11(12)13-10-7-5-4-6-8-10;5*1-2/h4-11H,3H2,1-2H3;6-8,12H,5,9H2,1-4H3,(H,15,16);4-8,11H,3,9-10H2,1-2H3;4-9H,3H2,1-2H3,(H,12,13);4-9H,3H2,1-2H3;5*1-2H3. The summed E-state index contributed by atoms with van der Waals surface area (Å²) in [7, 11) is 0. The topological polar surface area (TPSA) is 137 Å². The third kappa shape index (κ3) is 39.4. The SMILES string of the molecule is CC.CC.CC.CC.CC.CCC(C)C(=O)NCc1cc(C)cc(C)c1.CCC(C)C(=O)Nc1ccccc1.CCC(C)C(=O)OCCc1ccccc1.CCC(C)C(=O)Oc1ccc2ccccc2c1.CCC(C)C(=O)Oc1ccccc1. The second-order valence-corrected chi connectivity index (χ2v) is 18.7. The zero-order valence-corrected chi connectivity index (χ0v) is 56.2. The number of rotatable bonds is 18. The van der Waals surface area contributed by atoms with Gasteiger partial charge in [0.1, 0.15) is 11.5 Å². The Morgan fingerprint density at radius 3 is 1.25 bits per heavy atom. The molecule has 0 heterocycles. The number of carbonyl (C=O) groups is 5. The van der Waals surface area contributed by atoms with E-state index >= 15 is 0 Å². The summed E-state index contributed by atoms with van der Waals surface area (Å²) in [5.41, 5.74) is 5.73. The zero-order valence-electron chi connectivity index (χ0n) is 56.2. The van der Waals surface area contributed by atoms with E-state index in [-0.39, 0.29) is 59.3 Å². The minimum absolute atomic E-state index is 0.0146. The third-order valence-electron chi connectivity index (χ3n) is 12.3. The molecule has 0 spiro atoms. The van der Waals surface area contributed by atoms with Crippen molar-refractivity contribution in [1.82, 2.24) is 5.32 Å². The Balaban J connectivity index is -0.000000459. The molecule has 0 bridgehead atoms. The second-order valence-electron chi connectivity index (χ2n) is 18.7. The number of para-hydroxylation sites is 2. The summed E-state index contributed by atoms with van der Waals surface area (Å²) in [5.74, 6) is 1.18.